The van der Waals surface area contributed by atoms with Crippen LogP contribution in [0.25, 0.3) is 0 Å². The second kappa shape index (κ2) is 8.17. The molecule has 2 rings (SSSR count). The molecule has 0 fully saturated rings. The van der Waals surface area contributed by atoms with Gasteiger partial charge in [0.05, 0.1) is 5.56 Å². The van der Waals surface area contributed by atoms with E-state index in [2.05, 4.69) is 22.1 Å². The van der Waals surface area contributed by atoms with Crippen molar-refractivity contribution in [1.82, 2.24) is 10.2 Å². The van der Waals surface area contributed by atoms with Crippen LogP contribution in [0.3, 0.4) is 0 Å². The Hall–Kier alpha value is -2.37. The molecule has 112 valence electrons. The van der Waals surface area contributed by atoms with Gasteiger partial charge in [-0.2, -0.15) is 5.26 Å². The molecule has 1 aromatic heterocycles. The third-order valence-electron chi connectivity index (χ3n) is 2.34. The number of nitrogens with zero attached hydrogens (tertiary/aromatic N) is 3. The van der Waals surface area contributed by atoms with E-state index in [9.17, 15) is 4.79 Å². The highest BCUT2D eigenvalue weighted by Gasteiger charge is 2.10. The van der Waals surface area contributed by atoms with E-state index in [1.165, 1.54) is 23.1 Å². The van der Waals surface area contributed by atoms with Gasteiger partial charge in [-0.05, 0) is 12.1 Å². The van der Waals surface area contributed by atoms with Crippen molar-refractivity contribution >= 4 is 34.1 Å². The van der Waals surface area contributed by atoms with Gasteiger partial charge in [-0.15, -0.1) is 16.8 Å². The molecule has 22 heavy (non-hydrogen) atoms. The molecule has 0 aliphatic rings. The molecular formula is C14H12N4O2S2. The first-order chi connectivity index (χ1) is 10.7. The van der Waals surface area contributed by atoms with Crippen molar-refractivity contribution in [3.05, 3.63) is 42.5 Å². The fourth-order valence-corrected chi connectivity index (χ4v) is 2.96. The number of rotatable bonds is 7. The number of nitrogens with one attached hydrogen (secondary N) is 1. The Morgan fingerprint density at radius 3 is 3.09 bits per heavy atom. The number of para-hydroxylation sites is 1. The van der Waals surface area contributed by atoms with Crippen molar-refractivity contribution in [1.29, 1.82) is 5.26 Å². The summed E-state index contributed by atoms with van der Waals surface area (Å²) < 4.78 is 6.09. The van der Waals surface area contributed by atoms with E-state index in [0.29, 0.717) is 16.4 Å². The van der Waals surface area contributed by atoms with Crippen LogP contribution in [0.5, 0.6) is 5.75 Å². The summed E-state index contributed by atoms with van der Waals surface area (Å²) in [7, 11) is 0. The average Bonchev–Trinajstić information content (AvgIpc) is 2.98. The molecule has 1 amide bonds. The smallest absolute Gasteiger partial charge is 0.264 e. The Labute approximate surface area is 135 Å². The maximum absolute atomic E-state index is 11.8. The van der Waals surface area contributed by atoms with E-state index >= 15 is 0 Å². The SMILES string of the molecule is C=CCSc1nnc(NC(=O)COc2ccccc2C#N)s1. The van der Waals surface area contributed by atoms with Crippen molar-refractivity contribution in [2.45, 2.75) is 4.34 Å². The second-order valence-electron chi connectivity index (χ2n) is 3.92. The molecular weight excluding hydrogens is 320 g/mol. The Morgan fingerprint density at radius 2 is 2.32 bits per heavy atom. The molecule has 0 bridgehead atoms. The first kappa shape index (κ1) is 16.0. The normalized spacial score (nSPS) is 9.77. The van der Waals surface area contributed by atoms with E-state index in [0.717, 1.165) is 10.1 Å². The van der Waals surface area contributed by atoms with Crippen LogP contribution >= 0.6 is 23.1 Å². The number of carbonyl (C=O) groups is 1. The minimum atomic E-state index is -0.357. The summed E-state index contributed by atoms with van der Waals surface area (Å²) in [6.45, 7) is 3.42. The third kappa shape index (κ3) is 4.58. The first-order valence-electron chi connectivity index (χ1n) is 6.22. The molecule has 0 saturated carbocycles. The Bertz CT molecular complexity index is 709. The van der Waals surface area contributed by atoms with Gasteiger partial charge in [0.15, 0.2) is 10.9 Å². The summed E-state index contributed by atoms with van der Waals surface area (Å²) in [5.41, 5.74) is 0.384. The number of anilines is 1. The van der Waals surface area contributed by atoms with Crippen molar-refractivity contribution < 1.29 is 9.53 Å². The predicted octanol–water partition coefficient (Wildman–Crippen LogP) is 2.71. The van der Waals surface area contributed by atoms with Crippen LogP contribution in [0.2, 0.25) is 0 Å². The van der Waals surface area contributed by atoms with Gasteiger partial charge in [0.25, 0.3) is 5.91 Å². The number of amides is 1. The molecule has 8 heteroatoms. The van der Waals surface area contributed by atoms with Crippen molar-refractivity contribution in [2.24, 2.45) is 0 Å². The minimum Gasteiger partial charge on any atom is -0.482 e. The Balaban J connectivity index is 1.86. The van der Waals surface area contributed by atoms with E-state index in [1.807, 2.05) is 6.07 Å². The molecule has 1 aromatic carbocycles. The minimum absolute atomic E-state index is 0.201. The van der Waals surface area contributed by atoms with Crippen molar-refractivity contribution in [3.63, 3.8) is 0 Å². The lowest BCUT2D eigenvalue weighted by Gasteiger charge is -2.06. The van der Waals surface area contributed by atoms with E-state index in [-0.39, 0.29) is 12.5 Å². The zero-order chi connectivity index (χ0) is 15.8. The van der Waals surface area contributed by atoms with E-state index < -0.39 is 0 Å². The van der Waals surface area contributed by atoms with Crippen molar-refractivity contribution in [2.75, 3.05) is 17.7 Å². The fourth-order valence-electron chi connectivity index (χ4n) is 1.43. The molecule has 0 unspecified atom stereocenters. The zero-order valence-corrected chi connectivity index (χ0v) is 13.1. The Morgan fingerprint density at radius 1 is 1.50 bits per heavy atom. The summed E-state index contributed by atoms with van der Waals surface area (Å²) in [5, 5.41) is 19.8. The van der Waals surface area contributed by atoms with Crippen LogP contribution in [-0.2, 0) is 4.79 Å². The maximum Gasteiger partial charge on any atom is 0.264 e. The lowest BCUT2D eigenvalue weighted by atomic mass is 10.2. The van der Waals surface area contributed by atoms with Gasteiger partial charge in [0, 0.05) is 5.75 Å². The zero-order valence-electron chi connectivity index (χ0n) is 11.5. The van der Waals surface area contributed by atoms with Gasteiger partial charge in [-0.25, -0.2) is 0 Å². The number of benzene rings is 1. The molecule has 6 nitrogen and oxygen atoms in total. The van der Waals surface area contributed by atoms with Crippen LogP contribution in [0.1, 0.15) is 5.56 Å². The summed E-state index contributed by atoms with van der Waals surface area (Å²) in [5.74, 6) is 0.750. The van der Waals surface area contributed by atoms with Gasteiger partial charge in [0.1, 0.15) is 11.8 Å². The highest BCUT2D eigenvalue weighted by Crippen LogP contribution is 2.25. The molecule has 0 aliphatic carbocycles. The summed E-state index contributed by atoms with van der Waals surface area (Å²) >= 11 is 2.78. The van der Waals surface area contributed by atoms with Crippen LogP contribution in [0, 0.1) is 11.3 Å². The van der Waals surface area contributed by atoms with Gasteiger partial charge in [-0.3, -0.25) is 10.1 Å². The molecule has 2 aromatic rings. The number of hydrogen-bond donors (Lipinski definition) is 1. The van der Waals surface area contributed by atoms with Gasteiger partial charge in [-0.1, -0.05) is 41.3 Å². The van der Waals surface area contributed by atoms with Gasteiger partial charge in [0.2, 0.25) is 5.13 Å². The van der Waals surface area contributed by atoms with Crippen LogP contribution < -0.4 is 10.1 Å². The molecule has 0 atom stereocenters. The molecule has 0 aliphatic heterocycles. The first-order valence-corrected chi connectivity index (χ1v) is 8.02. The fraction of sp³-hybridized carbons (Fsp3) is 0.143. The number of carbonyl (C=O) groups excluding carboxylic acids is 1. The summed E-state index contributed by atoms with van der Waals surface area (Å²) in [4.78, 5) is 11.8. The number of hydrogen-bond acceptors (Lipinski definition) is 7. The monoisotopic (exact) mass is 332 g/mol. The van der Waals surface area contributed by atoms with Crippen LogP contribution in [-0.4, -0.2) is 28.5 Å². The van der Waals surface area contributed by atoms with Crippen molar-refractivity contribution in [3.8, 4) is 11.8 Å². The Kier molecular flexibility index (Phi) is 5.94. The highest BCUT2D eigenvalue weighted by molar-refractivity contribution is 8.01. The van der Waals surface area contributed by atoms with Gasteiger partial charge < -0.3 is 4.74 Å². The molecule has 1 N–H and O–H groups in total. The van der Waals surface area contributed by atoms with E-state index in [4.69, 9.17) is 10.00 Å². The average molecular weight is 332 g/mol. The lowest BCUT2D eigenvalue weighted by molar-refractivity contribution is -0.118. The molecule has 0 radical (unpaired) electrons. The predicted molar refractivity (Wildman–Crippen MR) is 86.1 cm³/mol. The third-order valence-corrected chi connectivity index (χ3v) is 4.31. The van der Waals surface area contributed by atoms with Crippen LogP contribution in [0.4, 0.5) is 5.13 Å². The summed E-state index contributed by atoms with van der Waals surface area (Å²) in [6.07, 6.45) is 1.77. The lowest BCUT2D eigenvalue weighted by Crippen LogP contribution is -2.20. The largest absolute Gasteiger partial charge is 0.482 e. The molecule has 1 heterocycles. The number of aromatic nitrogens is 2. The molecule has 0 saturated heterocycles. The number of ether oxygens (including phenoxy) is 1. The van der Waals surface area contributed by atoms with E-state index in [1.54, 1.807) is 30.3 Å². The molecule has 0 spiro atoms. The topological polar surface area (TPSA) is 87.9 Å². The standard InChI is InChI=1S/C14H12N4O2S2/c1-2-7-21-14-18-17-13(22-14)16-12(19)9-20-11-6-4-3-5-10(11)8-15/h2-6H,1,7,9H2,(H,16,17,19). The second-order valence-corrected chi connectivity index (χ2v) is 6.16. The van der Waals surface area contributed by atoms with Crippen LogP contribution in [0.15, 0.2) is 41.3 Å². The quantitative estimate of drug-likeness (QED) is 0.476. The number of nitriles is 1. The summed E-state index contributed by atoms with van der Waals surface area (Å²) in [6, 6.07) is 8.74. The maximum atomic E-state index is 11.8. The highest BCUT2D eigenvalue weighted by atomic mass is 32.2. The number of thioether (sulfide) groups is 1. The van der Waals surface area contributed by atoms with Gasteiger partial charge >= 0.3 is 0 Å².